The molecular formula is C14H18BrN3O2. The van der Waals surface area contributed by atoms with E-state index in [0.717, 1.165) is 21.4 Å². The Balaban J connectivity index is 2.18. The Hall–Kier alpha value is -1.53. The number of hydrogen-bond donors (Lipinski definition) is 1. The average Bonchev–Trinajstić information content (AvgIpc) is 2.70. The molecule has 0 atom stereocenters. The molecule has 0 saturated carbocycles. The zero-order valence-corrected chi connectivity index (χ0v) is 13.4. The van der Waals surface area contributed by atoms with Crippen molar-refractivity contribution in [1.82, 2.24) is 9.78 Å². The van der Waals surface area contributed by atoms with E-state index in [0.29, 0.717) is 24.7 Å². The van der Waals surface area contributed by atoms with E-state index < -0.39 is 0 Å². The van der Waals surface area contributed by atoms with E-state index in [1.807, 2.05) is 32.2 Å². The molecule has 0 aliphatic heterocycles. The maximum Gasteiger partial charge on any atom is 0.161 e. The number of aryl methyl sites for hydroxylation is 2. The molecule has 2 rings (SSSR count). The molecule has 0 aliphatic rings. The van der Waals surface area contributed by atoms with Gasteiger partial charge in [0.25, 0.3) is 0 Å². The molecule has 0 radical (unpaired) electrons. The Bertz CT molecular complexity index is 611. The summed E-state index contributed by atoms with van der Waals surface area (Å²) in [5, 5.41) is 4.33. The minimum Gasteiger partial charge on any atom is -0.493 e. The molecule has 0 aliphatic carbocycles. The summed E-state index contributed by atoms with van der Waals surface area (Å²) in [4.78, 5) is 0. The maximum absolute atomic E-state index is 5.83. The smallest absolute Gasteiger partial charge is 0.161 e. The highest BCUT2D eigenvalue weighted by atomic mass is 79.9. The van der Waals surface area contributed by atoms with Crippen LogP contribution in [0.25, 0.3) is 0 Å². The molecule has 0 amide bonds. The van der Waals surface area contributed by atoms with Crippen LogP contribution in [0.1, 0.15) is 17.0 Å². The number of rotatable bonds is 5. The van der Waals surface area contributed by atoms with Gasteiger partial charge < -0.3 is 15.2 Å². The molecule has 2 aromatic rings. The normalized spacial score (nSPS) is 10.7. The van der Waals surface area contributed by atoms with Crippen molar-refractivity contribution in [3.8, 4) is 11.5 Å². The second-order valence-corrected chi connectivity index (χ2v) is 5.24. The molecule has 0 fully saturated rings. The summed E-state index contributed by atoms with van der Waals surface area (Å²) in [5.74, 6) is 1.37. The lowest BCUT2D eigenvalue weighted by molar-refractivity contribution is 0.275. The van der Waals surface area contributed by atoms with Crippen molar-refractivity contribution < 1.29 is 9.47 Å². The molecule has 5 nitrogen and oxygen atoms in total. The van der Waals surface area contributed by atoms with Crippen LogP contribution >= 0.6 is 15.9 Å². The predicted molar refractivity (Wildman–Crippen MR) is 80.9 cm³/mol. The number of halogens is 1. The maximum atomic E-state index is 5.83. The summed E-state index contributed by atoms with van der Waals surface area (Å²) < 4.78 is 13.9. The number of aromatic nitrogens is 2. The third-order valence-corrected chi connectivity index (χ3v) is 4.12. The molecule has 1 heterocycles. The highest BCUT2D eigenvalue weighted by Gasteiger charge is 2.12. The van der Waals surface area contributed by atoms with E-state index >= 15 is 0 Å². The summed E-state index contributed by atoms with van der Waals surface area (Å²) >= 11 is 3.52. The summed E-state index contributed by atoms with van der Waals surface area (Å²) in [6.07, 6.45) is 0. The molecule has 6 heteroatoms. The van der Waals surface area contributed by atoms with Crippen molar-refractivity contribution in [2.75, 3.05) is 7.11 Å². The zero-order valence-electron chi connectivity index (χ0n) is 11.8. The first-order chi connectivity index (χ1) is 9.56. The molecule has 20 heavy (non-hydrogen) atoms. The molecule has 0 spiro atoms. The van der Waals surface area contributed by atoms with Gasteiger partial charge in [-0.25, -0.2) is 0 Å². The fourth-order valence-corrected chi connectivity index (χ4v) is 2.39. The summed E-state index contributed by atoms with van der Waals surface area (Å²) in [6, 6.07) is 5.69. The highest BCUT2D eigenvalue weighted by molar-refractivity contribution is 9.10. The highest BCUT2D eigenvalue weighted by Crippen LogP contribution is 2.30. The Morgan fingerprint density at radius 3 is 2.65 bits per heavy atom. The molecule has 0 unspecified atom stereocenters. The third kappa shape index (κ3) is 2.96. The van der Waals surface area contributed by atoms with E-state index in [9.17, 15) is 0 Å². The number of hydrogen-bond acceptors (Lipinski definition) is 4. The first-order valence-electron chi connectivity index (χ1n) is 6.24. The van der Waals surface area contributed by atoms with Gasteiger partial charge >= 0.3 is 0 Å². The molecule has 0 bridgehead atoms. The average molecular weight is 340 g/mol. The number of benzene rings is 1. The van der Waals surface area contributed by atoms with Crippen molar-refractivity contribution in [3.05, 3.63) is 39.6 Å². The van der Waals surface area contributed by atoms with Gasteiger partial charge in [0.2, 0.25) is 0 Å². The number of nitrogens with zero attached hydrogens (tertiary/aromatic N) is 2. The summed E-state index contributed by atoms with van der Waals surface area (Å²) in [6.45, 7) is 2.84. The monoisotopic (exact) mass is 339 g/mol. The topological polar surface area (TPSA) is 62.3 Å². The van der Waals surface area contributed by atoms with Gasteiger partial charge in [0, 0.05) is 13.6 Å². The van der Waals surface area contributed by atoms with Gasteiger partial charge in [-0.05, 0) is 40.5 Å². The fraction of sp³-hybridized carbons (Fsp3) is 0.357. The molecular weight excluding hydrogens is 322 g/mol. The van der Waals surface area contributed by atoms with Crippen molar-refractivity contribution >= 4 is 15.9 Å². The Labute approximate surface area is 126 Å². The standard InChI is InChI=1S/C14H18BrN3O2/c1-9-14(15)11(18(2)17-9)8-20-12-5-4-10(7-16)6-13(12)19-3/h4-6H,7-8,16H2,1-3H3. The van der Waals surface area contributed by atoms with Crippen LogP contribution in [-0.4, -0.2) is 16.9 Å². The Kier molecular flexibility index (Phi) is 4.67. The lowest BCUT2D eigenvalue weighted by atomic mass is 10.2. The zero-order chi connectivity index (χ0) is 14.7. The van der Waals surface area contributed by atoms with Crippen LogP contribution in [0.15, 0.2) is 22.7 Å². The van der Waals surface area contributed by atoms with Crippen LogP contribution in [0.5, 0.6) is 11.5 Å². The first kappa shape index (κ1) is 14.9. The predicted octanol–water partition coefficient (Wildman–Crippen LogP) is 2.54. The molecule has 0 saturated heterocycles. The van der Waals surface area contributed by atoms with E-state index in [1.54, 1.807) is 11.8 Å². The van der Waals surface area contributed by atoms with Crippen molar-refractivity contribution in [1.29, 1.82) is 0 Å². The van der Waals surface area contributed by atoms with Crippen LogP contribution < -0.4 is 15.2 Å². The van der Waals surface area contributed by atoms with E-state index in [1.165, 1.54) is 0 Å². The van der Waals surface area contributed by atoms with E-state index in [-0.39, 0.29) is 0 Å². The summed E-state index contributed by atoms with van der Waals surface area (Å²) in [5.41, 5.74) is 8.54. The summed E-state index contributed by atoms with van der Waals surface area (Å²) in [7, 11) is 3.51. The number of ether oxygens (including phenoxy) is 2. The van der Waals surface area contributed by atoms with Crippen LogP contribution in [0.3, 0.4) is 0 Å². The van der Waals surface area contributed by atoms with Gasteiger partial charge in [-0.3, -0.25) is 4.68 Å². The van der Waals surface area contributed by atoms with E-state index in [2.05, 4.69) is 21.0 Å². The minimum atomic E-state index is 0.413. The first-order valence-corrected chi connectivity index (χ1v) is 7.03. The molecule has 2 N–H and O–H groups in total. The van der Waals surface area contributed by atoms with Gasteiger partial charge in [-0.15, -0.1) is 0 Å². The van der Waals surface area contributed by atoms with Gasteiger partial charge in [-0.2, -0.15) is 5.10 Å². The quantitative estimate of drug-likeness (QED) is 0.909. The second-order valence-electron chi connectivity index (χ2n) is 4.45. The van der Waals surface area contributed by atoms with Crippen LogP contribution in [0.4, 0.5) is 0 Å². The van der Waals surface area contributed by atoms with E-state index in [4.69, 9.17) is 15.2 Å². The minimum absolute atomic E-state index is 0.413. The van der Waals surface area contributed by atoms with Crippen molar-refractivity contribution in [2.45, 2.75) is 20.1 Å². The van der Waals surface area contributed by atoms with Crippen molar-refractivity contribution in [2.24, 2.45) is 12.8 Å². The number of nitrogens with two attached hydrogens (primary N) is 1. The van der Waals surface area contributed by atoms with Crippen LogP contribution in [0, 0.1) is 6.92 Å². The van der Waals surface area contributed by atoms with Gasteiger partial charge in [0.05, 0.1) is 23.0 Å². The lowest BCUT2D eigenvalue weighted by Gasteiger charge is -2.12. The second kappa shape index (κ2) is 6.28. The largest absolute Gasteiger partial charge is 0.493 e. The van der Waals surface area contributed by atoms with Gasteiger partial charge in [0.15, 0.2) is 11.5 Å². The van der Waals surface area contributed by atoms with Gasteiger partial charge in [0.1, 0.15) is 6.61 Å². The van der Waals surface area contributed by atoms with Crippen molar-refractivity contribution in [3.63, 3.8) is 0 Å². The Morgan fingerprint density at radius 2 is 2.10 bits per heavy atom. The fourth-order valence-electron chi connectivity index (χ4n) is 1.94. The molecule has 1 aromatic carbocycles. The molecule has 108 valence electrons. The third-order valence-electron chi connectivity index (χ3n) is 3.09. The van der Waals surface area contributed by atoms with Crippen LogP contribution in [0.2, 0.25) is 0 Å². The van der Waals surface area contributed by atoms with Crippen LogP contribution in [-0.2, 0) is 20.2 Å². The number of methoxy groups -OCH3 is 1. The Morgan fingerprint density at radius 1 is 1.35 bits per heavy atom. The molecule has 1 aromatic heterocycles. The van der Waals surface area contributed by atoms with Gasteiger partial charge in [-0.1, -0.05) is 6.07 Å². The SMILES string of the molecule is COc1cc(CN)ccc1OCc1c(Br)c(C)nn1C. The lowest BCUT2D eigenvalue weighted by Crippen LogP contribution is -2.05.